The summed E-state index contributed by atoms with van der Waals surface area (Å²) in [5.41, 5.74) is 12.7. The molecule has 7 rings (SSSR count). The number of benzene rings is 1. The van der Waals surface area contributed by atoms with Crippen LogP contribution < -0.4 is 5.73 Å². The SMILES string of the molecule is N#CN1CC2(C1)CN(Cc1ccc(-n3c(-c4cccnc4N)cc4ncc(-c5ccc(F)cn5)nc43)cc1)C2. The van der Waals surface area contributed by atoms with Crippen molar-refractivity contribution in [1.82, 2.24) is 34.3 Å². The molecule has 39 heavy (non-hydrogen) atoms. The van der Waals surface area contributed by atoms with Gasteiger partial charge in [0.25, 0.3) is 0 Å². The van der Waals surface area contributed by atoms with E-state index < -0.39 is 5.82 Å². The number of hydrogen-bond donors (Lipinski definition) is 1. The standard InChI is InChI=1S/C29H24FN9/c30-20-5-8-23(34-11-20)25-12-35-24-10-26(22-2-1-9-33-27(22)32)39(28(24)36-25)21-6-3-19(4-7-21)13-37-14-29(15-37)16-38(17-29)18-31/h1-12H,13-17H2,(H2,32,33). The van der Waals surface area contributed by atoms with Crippen LogP contribution in [0.2, 0.25) is 0 Å². The van der Waals surface area contributed by atoms with Gasteiger partial charge in [0.05, 0.1) is 23.8 Å². The molecule has 2 aliphatic rings. The molecule has 0 atom stereocenters. The van der Waals surface area contributed by atoms with Crippen molar-refractivity contribution in [3.8, 4) is 34.5 Å². The minimum Gasteiger partial charge on any atom is -0.383 e. The topological polar surface area (TPSA) is 113 Å². The van der Waals surface area contributed by atoms with Crippen LogP contribution in [0.15, 0.2) is 73.2 Å². The average molecular weight is 518 g/mol. The molecule has 2 aliphatic heterocycles. The van der Waals surface area contributed by atoms with Gasteiger partial charge in [0, 0.05) is 55.6 Å². The highest BCUT2D eigenvalue weighted by molar-refractivity contribution is 5.87. The van der Waals surface area contributed by atoms with Gasteiger partial charge in [0.15, 0.2) is 11.8 Å². The quantitative estimate of drug-likeness (QED) is 0.350. The summed E-state index contributed by atoms with van der Waals surface area (Å²) < 4.78 is 15.5. The lowest BCUT2D eigenvalue weighted by atomic mass is 9.73. The van der Waals surface area contributed by atoms with Gasteiger partial charge in [-0.1, -0.05) is 12.1 Å². The number of halogens is 1. The lowest BCUT2D eigenvalue weighted by molar-refractivity contribution is -0.0957. The first-order valence-corrected chi connectivity index (χ1v) is 12.7. The van der Waals surface area contributed by atoms with Crippen LogP contribution in [-0.4, -0.2) is 60.5 Å². The number of pyridine rings is 2. The van der Waals surface area contributed by atoms with E-state index in [-0.39, 0.29) is 0 Å². The fourth-order valence-corrected chi connectivity index (χ4v) is 5.76. The van der Waals surface area contributed by atoms with E-state index in [1.807, 2.05) is 27.7 Å². The second-order valence-corrected chi connectivity index (χ2v) is 10.4. The molecular formula is C29H24FN9. The van der Waals surface area contributed by atoms with Crippen LogP contribution in [0.3, 0.4) is 0 Å². The van der Waals surface area contributed by atoms with Crippen molar-refractivity contribution < 1.29 is 4.39 Å². The number of anilines is 1. The van der Waals surface area contributed by atoms with E-state index in [9.17, 15) is 4.39 Å². The third-order valence-corrected chi connectivity index (χ3v) is 7.52. The van der Waals surface area contributed by atoms with Crippen LogP contribution in [0.1, 0.15) is 5.56 Å². The summed E-state index contributed by atoms with van der Waals surface area (Å²) >= 11 is 0. The molecule has 0 unspecified atom stereocenters. The number of likely N-dealkylation sites (tertiary alicyclic amines) is 2. The minimum absolute atomic E-state index is 0.300. The number of nitrogen functional groups attached to an aromatic ring is 1. The third kappa shape index (κ3) is 4.04. The molecule has 0 bridgehead atoms. The predicted octanol–water partition coefficient (Wildman–Crippen LogP) is 3.86. The molecule has 5 aromatic rings. The molecule has 0 amide bonds. The molecule has 2 N–H and O–H groups in total. The summed E-state index contributed by atoms with van der Waals surface area (Å²) in [7, 11) is 0. The van der Waals surface area contributed by atoms with Crippen molar-refractivity contribution >= 4 is 17.0 Å². The van der Waals surface area contributed by atoms with E-state index in [1.54, 1.807) is 18.5 Å². The second kappa shape index (κ2) is 8.85. The summed E-state index contributed by atoms with van der Waals surface area (Å²) in [5.74, 6) is 0.00656. The van der Waals surface area contributed by atoms with E-state index in [0.29, 0.717) is 33.8 Å². The van der Waals surface area contributed by atoms with E-state index in [1.165, 1.54) is 17.8 Å². The molecule has 2 fully saturated rings. The van der Waals surface area contributed by atoms with Crippen molar-refractivity contribution in [1.29, 1.82) is 5.26 Å². The number of aromatic nitrogens is 5. The largest absolute Gasteiger partial charge is 0.383 e. The Bertz CT molecular complexity index is 1720. The maximum absolute atomic E-state index is 13.5. The lowest BCUT2D eigenvalue weighted by Crippen LogP contribution is -2.70. The number of hydrogen-bond acceptors (Lipinski definition) is 8. The van der Waals surface area contributed by atoms with E-state index in [0.717, 1.165) is 49.7 Å². The maximum Gasteiger partial charge on any atom is 0.179 e. The van der Waals surface area contributed by atoms with Gasteiger partial charge in [-0.25, -0.2) is 14.4 Å². The summed E-state index contributed by atoms with van der Waals surface area (Å²) in [6, 6.07) is 17.1. The van der Waals surface area contributed by atoms with Crippen molar-refractivity contribution in [2.24, 2.45) is 5.41 Å². The van der Waals surface area contributed by atoms with Crippen LogP contribution in [0, 0.1) is 22.7 Å². The Balaban J connectivity index is 1.24. The summed E-state index contributed by atoms with van der Waals surface area (Å²) in [5, 5.41) is 9.02. The van der Waals surface area contributed by atoms with Crippen LogP contribution in [0.5, 0.6) is 0 Å². The average Bonchev–Trinajstić information content (AvgIpc) is 3.29. The van der Waals surface area contributed by atoms with Gasteiger partial charge in [-0.15, -0.1) is 0 Å². The van der Waals surface area contributed by atoms with Gasteiger partial charge < -0.3 is 10.6 Å². The molecule has 9 nitrogen and oxygen atoms in total. The Morgan fingerprint density at radius 3 is 2.49 bits per heavy atom. The number of nitrogens with zero attached hydrogens (tertiary/aromatic N) is 8. The third-order valence-electron chi connectivity index (χ3n) is 7.52. The Kier molecular flexibility index (Phi) is 5.28. The van der Waals surface area contributed by atoms with Crippen LogP contribution in [0.25, 0.3) is 39.5 Å². The first-order valence-electron chi connectivity index (χ1n) is 12.7. The highest BCUT2D eigenvalue weighted by atomic mass is 19.1. The number of nitriles is 1. The minimum atomic E-state index is -0.407. The van der Waals surface area contributed by atoms with Gasteiger partial charge in [0.1, 0.15) is 22.8 Å². The lowest BCUT2D eigenvalue weighted by Gasteiger charge is -2.58. The molecule has 0 radical (unpaired) electrons. The molecule has 4 aromatic heterocycles. The molecule has 0 aliphatic carbocycles. The summed E-state index contributed by atoms with van der Waals surface area (Å²) in [6.45, 7) is 4.65. The van der Waals surface area contributed by atoms with E-state index in [4.69, 9.17) is 16.0 Å². The zero-order valence-corrected chi connectivity index (χ0v) is 21.0. The first-order chi connectivity index (χ1) is 19.0. The highest BCUT2D eigenvalue weighted by Crippen LogP contribution is 2.40. The molecular weight excluding hydrogens is 493 g/mol. The Morgan fingerprint density at radius 1 is 0.949 bits per heavy atom. The van der Waals surface area contributed by atoms with Crippen LogP contribution in [0.4, 0.5) is 10.2 Å². The smallest absolute Gasteiger partial charge is 0.179 e. The number of nitrogens with two attached hydrogens (primary N) is 1. The molecule has 1 aromatic carbocycles. The summed E-state index contributed by atoms with van der Waals surface area (Å²) in [4.78, 5) is 22.2. The molecule has 2 saturated heterocycles. The van der Waals surface area contributed by atoms with Crippen molar-refractivity contribution in [2.75, 3.05) is 31.9 Å². The second-order valence-electron chi connectivity index (χ2n) is 10.4. The summed E-state index contributed by atoms with van der Waals surface area (Å²) in [6.07, 6.45) is 6.71. The molecule has 192 valence electrons. The van der Waals surface area contributed by atoms with Gasteiger partial charge in [-0.3, -0.25) is 19.4 Å². The van der Waals surface area contributed by atoms with Crippen LogP contribution >= 0.6 is 0 Å². The van der Waals surface area contributed by atoms with E-state index in [2.05, 4.69) is 50.3 Å². The van der Waals surface area contributed by atoms with Gasteiger partial charge >= 0.3 is 0 Å². The van der Waals surface area contributed by atoms with Gasteiger partial charge in [-0.2, -0.15) is 5.26 Å². The molecule has 0 saturated carbocycles. The highest BCUT2D eigenvalue weighted by Gasteiger charge is 2.51. The maximum atomic E-state index is 13.5. The Morgan fingerprint density at radius 2 is 1.77 bits per heavy atom. The van der Waals surface area contributed by atoms with E-state index >= 15 is 0 Å². The van der Waals surface area contributed by atoms with Crippen molar-refractivity contribution in [2.45, 2.75) is 6.54 Å². The fourth-order valence-electron chi connectivity index (χ4n) is 5.76. The van der Waals surface area contributed by atoms with Gasteiger partial charge in [0.2, 0.25) is 0 Å². The first kappa shape index (κ1) is 23.3. The molecule has 6 heterocycles. The fraction of sp³-hybridized carbons (Fsp3) is 0.207. The normalized spacial score (nSPS) is 16.2. The van der Waals surface area contributed by atoms with Crippen molar-refractivity contribution in [3.05, 3.63) is 84.6 Å². The monoisotopic (exact) mass is 517 g/mol. The Labute approximate surface area is 224 Å². The predicted molar refractivity (Wildman–Crippen MR) is 145 cm³/mol. The molecule has 1 spiro atoms. The zero-order chi connectivity index (χ0) is 26.6. The Hall–Kier alpha value is -4.88. The molecule has 10 heteroatoms. The van der Waals surface area contributed by atoms with Crippen molar-refractivity contribution in [3.63, 3.8) is 0 Å². The zero-order valence-electron chi connectivity index (χ0n) is 21.0. The van der Waals surface area contributed by atoms with Crippen LogP contribution in [-0.2, 0) is 6.54 Å². The number of rotatable bonds is 5. The number of fused-ring (bicyclic) bond motifs is 1. The van der Waals surface area contributed by atoms with Gasteiger partial charge in [-0.05, 0) is 48.0 Å².